The Labute approximate surface area is 188 Å². The summed E-state index contributed by atoms with van der Waals surface area (Å²) in [5.74, 6) is -0.726. The third-order valence-electron chi connectivity index (χ3n) is 5.32. The number of pyridine rings is 1. The lowest BCUT2D eigenvalue weighted by molar-refractivity contribution is -0.137. The zero-order chi connectivity index (χ0) is 23.6. The zero-order valence-electron chi connectivity index (χ0n) is 17.9. The molecular formula is C26H20F3NO3. The summed E-state index contributed by atoms with van der Waals surface area (Å²) in [6.07, 6.45) is -4.53. The lowest BCUT2D eigenvalue weighted by Gasteiger charge is -2.12. The minimum atomic E-state index is -4.53. The van der Waals surface area contributed by atoms with Gasteiger partial charge in [-0.2, -0.15) is 13.2 Å². The van der Waals surface area contributed by atoms with Crippen molar-refractivity contribution in [2.75, 3.05) is 14.2 Å². The van der Waals surface area contributed by atoms with Gasteiger partial charge in [0, 0.05) is 18.1 Å². The number of halogens is 3. The molecule has 0 amide bonds. The number of hydrogen-bond donors (Lipinski definition) is 0. The number of alkyl halides is 3. The number of ether oxygens (including phenoxy) is 2. The number of fused-ring (bicyclic) bond motifs is 1. The quantitative estimate of drug-likeness (QED) is 0.324. The second-order valence-electron chi connectivity index (χ2n) is 7.48. The molecule has 0 unspecified atom stereocenters. The second kappa shape index (κ2) is 9.03. The molecule has 0 aliphatic rings. The highest BCUT2D eigenvalue weighted by atomic mass is 19.4. The predicted octanol–water partition coefficient (Wildman–Crippen LogP) is 6.52. The average molecular weight is 451 g/mol. The summed E-state index contributed by atoms with van der Waals surface area (Å²) < 4.78 is 49.4. The van der Waals surface area contributed by atoms with Gasteiger partial charge in [-0.1, -0.05) is 48.5 Å². The molecule has 33 heavy (non-hydrogen) atoms. The van der Waals surface area contributed by atoms with Gasteiger partial charge in [-0.05, 0) is 41.0 Å². The molecule has 0 radical (unpaired) electrons. The van der Waals surface area contributed by atoms with Crippen LogP contribution in [0.25, 0.3) is 33.3 Å². The molecule has 0 spiro atoms. The van der Waals surface area contributed by atoms with Crippen LogP contribution in [-0.2, 0) is 22.3 Å². The van der Waals surface area contributed by atoms with Crippen molar-refractivity contribution in [1.82, 2.24) is 4.98 Å². The summed E-state index contributed by atoms with van der Waals surface area (Å²) in [5, 5.41) is 0.0909. The molecule has 1 aromatic heterocycles. The molecular weight excluding hydrogens is 431 g/mol. The van der Waals surface area contributed by atoms with Crippen LogP contribution in [0.3, 0.4) is 0 Å². The van der Waals surface area contributed by atoms with Crippen LogP contribution in [0.1, 0.15) is 21.5 Å². The number of rotatable bonds is 5. The summed E-state index contributed by atoms with van der Waals surface area (Å²) in [7, 11) is 2.84. The van der Waals surface area contributed by atoms with Gasteiger partial charge in [-0.3, -0.25) is 0 Å². The van der Waals surface area contributed by atoms with Crippen LogP contribution >= 0.6 is 0 Å². The van der Waals surface area contributed by atoms with Crippen molar-refractivity contribution in [2.45, 2.75) is 12.8 Å². The van der Waals surface area contributed by atoms with Crippen LogP contribution in [0.4, 0.5) is 13.2 Å². The molecule has 0 saturated heterocycles. The molecule has 4 nitrogen and oxygen atoms in total. The lowest BCUT2D eigenvalue weighted by Crippen LogP contribution is -2.07. The summed E-state index contributed by atoms with van der Waals surface area (Å²) >= 11 is 0. The fourth-order valence-electron chi connectivity index (χ4n) is 3.62. The van der Waals surface area contributed by atoms with E-state index in [1.165, 1.54) is 19.2 Å². The van der Waals surface area contributed by atoms with Crippen LogP contribution in [0.2, 0.25) is 0 Å². The molecule has 4 aromatic rings. The number of nitrogens with zero attached hydrogens (tertiary/aromatic N) is 1. The molecule has 0 N–H and O–H groups in total. The van der Waals surface area contributed by atoms with E-state index in [2.05, 4.69) is 4.98 Å². The highest BCUT2D eigenvalue weighted by Crippen LogP contribution is 2.34. The molecule has 0 atom stereocenters. The van der Waals surface area contributed by atoms with E-state index in [1.54, 1.807) is 7.11 Å². The fourth-order valence-corrected chi connectivity index (χ4v) is 3.62. The summed E-state index contributed by atoms with van der Waals surface area (Å²) in [5.41, 5.74) is 3.73. The number of aromatic nitrogens is 1. The second-order valence-corrected chi connectivity index (χ2v) is 7.48. The molecule has 4 rings (SSSR count). The maximum absolute atomic E-state index is 13.2. The number of hydrogen-bond acceptors (Lipinski definition) is 4. The van der Waals surface area contributed by atoms with Gasteiger partial charge in [-0.15, -0.1) is 0 Å². The third-order valence-corrected chi connectivity index (χ3v) is 5.32. The maximum atomic E-state index is 13.2. The largest absolute Gasteiger partial charge is 0.465 e. The number of methoxy groups -OCH3 is 2. The average Bonchev–Trinajstić information content (AvgIpc) is 2.82. The number of esters is 1. The van der Waals surface area contributed by atoms with Crippen molar-refractivity contribution in [2.24, 2.45) is 0 Å². The Hall–Kier alpha value is -3.71. The highest BCUT2D eigenvalue weighted by molar-refractivity contribution is 6.04. The zero-order valence-corrected chi connectivity index (χ0v) is 17.9. The van der Waals surface area contributed by atoms with Gasteiger partial charge in [0.25, 0.3) is 0 Å². The van der Waals surface area contributed by atoms with E-state index in [9.17, 15) is 18.0 Å². The Bertz CT molecular complexity index is 1300. The Morgan fingerprint density at radius 3 is 2.03 bits per heavy atom. The van der Waals surface area contributed by atoms with Crippen LogP contribution in [0.5, 0.6) is 0 Å². The lowest BCUT2D eigenvalue weighted by atomic mass is 9.99. The van der Waals surface area contributed by atoms with Gasteiger partial charge in [0.15, 0.2) is 0 Å². The van der Waals surface area contributed by atoms with Crippen LogP contribution in [-0.4, -0.2) is 25.2 Å². The minimum Gasteiger partial charge on any atom is -0.465 e. The summed E-state index contributed by atoms with van der Waals surface area (Å²) in [6, 6.07) is 20.2. The van der Waals surface area contributed by atoms with Gasteiger partial charge < -0.3 is 9.47 Å². The molecule has 0 bridgehead atoms. The molecule has 0 aliphatic carbocycles. The van der Waals surface area contributed by atoms with Gasteiger partial charge in [0.2, 0.25) is 0 Å². The van der Waals surface area contributed by atoms with Crippen LogP contribution < -0.4 is 0 Å². The van der Waals surface area contributed by atoms with E-state index in [0.717, 1.165) is 34.4 Å². The van der Waals surface area contributed by atoms with E-state index < -0.39 is 17.7 Å². The predicted molar refractivity (Wildman–Crippen MR) is 120 cm³/mol. The van der Waals surface area contributed by atoms with Gasteiger partial charge in [-0.25, -0.2) is 9.78 Å². The van der Waals surface area contributed by atoms with Gasteiger partial charge in [0.1, 0.15) is 0 Å². The first-order valence-electron chi connectivity index (χ1n) is 10.1. The normalized spacial score (nSPS) is 11.5. The van der Waals surface area contributed by atoms with Crippen LogP contribution in [0, 0.1) is 0 Å². The third kappa shape index (κ3) is 4.73. The van der Waals surface area contributed by atoms with Crippen molar-refractivity contribution in [1.29, 1.82) is 0 Å². The standard InChI is InChI=1S/C26H20F3NO3/c1-32-15-16-3-5-17(6-4-16)18-7-9-19(10-8-18)24-14-22(25(31)33-2)21-13-20(26(27,28)29)11-12-23(21)30-24/h3-14H,15H2,1-2H3. The molecule has 0 saturated carbocycles. The first kappa shape index (κ1) is 22.5. The van der Waals surface area contributed by atoms with Gasteiger partial charge >= 0.3 is 12.1 Å². The molecule has 1 heterocycles. The van der Waals surface area contributed by atoms with Crippen molar-refractivity contribution in [3.8, 4) is 22.4 Å². The molecule has 3 aromatic carbocycles. The van der Waals surface area contributed by atoms with E-state index in [4.69, 9.17) is 9.47 Å². The Balaban J connectivity index is 1.74. The Morgan fingerprint density at radius 2 is 1.45 bits per heavy atom. The molecule has 168 valence electrons. The van der Waals surface area contributed by atoms with Crippen molar-refractivity contribution >= 4 is 16.9 Å². The van der Waals surface area contributed by atoms with E-state index in [0.29, 0.717) is 12.3 Å². The van der Waals surface area contributed by atoms with Crippen molar-refractivity contribution in [3.63, 3.8) is 0 Å². The van der Waals surface area contributed by atoms with Gasteiger partial charge in [0.05, 0.1) is 36.1 Å². The molecule has 7 heteroatoms. The number of benzene rings is 3. The van der Waals surface area contributed by atoms with Crippen LogP contribution in [0.15, 0.2) is 72.8 Å². The molecule has 0 fully saturated rings. The monoisotopic (exact) mass is 451 g/mol. The maximum Gasteiger partial charge on any atom is 0.416 e. The van der Waals surface area contributed by atoms with E-state index >= 15 is 0 Å². The first-order chi connectivity index (χ1) is 15.8. The number of carbonyl (C=O) groups excluding carboxylic acids is 1. The SMILES string of the molecule is COCc1ccc(-c2ccc(-c3cc(C(=O)OC)c4cc(C(F)(F)F)ccc4n3)cc2)cc1. The minimum absolute atomic E-state index is 0.0291. The van der Waals surface area contributed by atoms with Crippen molar-refractivity contribution < 1.29 is 27.4 Å². The number of carbonyl (C=O) groups is 1. The summed E-state index contributed by atoms with van der Waals surface area (Å²) in [6.45, 7) is 0.542. The highest BCUT2D eigenvalue weighted by Gasteiger charge is 2.31. The van der Waals surface area contributed by atoms with Crippen molar-refractivity contribution in [3.05, 3.63) is 89.5 Å². The Kier molecular flexibility index (Phi) is 6.16. The topological polar surface area (TPSA) is 48.4 Å². The smallest absolute Gasteiger partial charge is 0.416 e. The Morgan fingerprint density at radius 1 is 0.848 bits per heavy atom. The van der Waals surface area contributed by atoms with E-state index in [-0.39, 0.29) is 16.5 Å². The molecule has 0 aliphatic heterocycles. The first-order valence-corrected chi connectivity index (χ1v) is 10.1. The van der Waals surface area contributed by atoms with E-state index in [1.807, 2.05) is 48.5 Å². The fraction of sp³-hybridized carbons (Fsp3) is 0.154. The summed E-state index contributed by atoms with van der Waals surface area (Å²) in [4.78, 5) is 16.8.